The fraction of sp³-hybridized carbons (Fsp3) is 0.731. The molecule has 11 atom stereocenters. The van der Waals surface area contributed by atoms with E-state index >= 15 is 0 Å². The van der Waals surface area contributed by atoms with Gasteiger partial charge in [-0.25, -0.2) is 0 Å². The van der Waals surface area contributed by atoms with Crippen molar-refractivity contribution in [3.8, 4) is 0 Å². The highest BCUT2D eigenvalue weighted by Crippen LogP contribution is 2.82. The summed E-state index contributed by atoms with van der Waals surface area (Å²) in [5.41, 5.74) is -16.1. The van der Waals surface area contributed by atoms with Gasteiger partial charge in [-0.05, 0) is 31.2 Å². The molecule has 12 nitrogen and oxygen atoms in total. The van der Waals surface area contributed by atoms with Crippen LogP contribution in [-0.2, 0) is 9.59 Å². The fourth-order valence-electron chi connectivity index (χ4n) is 9.56. The second-order valence-corrected chi connectivity index (χ2v) is 12.6. The zero-order valence-electron chi connectivity index (χ0n) is 21.3. The molecular formula is C26H34O12. The van der Waals surface area contributed by atoms with Crippen molar-refractivity contribution in [2.75, 3.05) is 0 Å². The van der Waals surface area contributed by atoms with Crippen LogP contribution in [0, 0.1) is 28.1 Å². The lowest BCUT2D eigenvalue weighted by Crippen LogP contribution is -2.93. The van der Waals surface area contributed by atoms with E-state index in [2.05, 4.69) is 0 Å². The van der Waals surface area contributed by atoms with Crippen LogP contribution < -0.4 is 0 Å². The second kappa shape index (κ2) is 7.43. The van der Waals surface area contributed by atoms with Crippen LogP contribution in [0.3, 0.4) is 0 Å². The predicted molar refractivity (Wildman–Crippen MR) is 125 cm³/mol. The summed E-state index contributed by atoms with van der Waals surface area (Å²) in [7, 11) is 0. The number of hydrogen-bond acceptors (Lipinski definition) is 10. The van der Waals surface area contributed by atoms with E-state index in [1.165, 1.54) is 33.1 Å². The Morgan fingerprint density at radius 2 is 1.45 bits per heavy atom. The van der Waals surface area contributed by atoms with Crippen LogP contribution in [0.1, 0.15) is 63.2 Å². The molecule has 0 saturated heterocycles. The van der Waals surface area contributed by atoms with Gasteiger partial charge in [-0.3, -0.25) is 14.4 Å². The number of carbonyl (C=O) groups is 3. The second-order valence-electron chi connectivity index (χ2n) is 12.6. The first-order valence-corrected chi connectivity index (χ1v) is 12.6. The maximum absolute atomic E-state index is 13.7. The van der Waals surface area contributed by atoms with Crippen molar-refractivity contribution < 1.29 is 59.7 Å². The van der Waals surface area contributed by atoms with Gasteiger partial charge in [0.25, 0.3) is 0 Å². The van der Waals surface area contributed by atoms with E-state index in [9.17, 15) is 55.2 Å². The van der Waals surface area contributed by atoms with E-state index in [0.717, 1.165) is 6.26 Å². The first-order chi connectivity index (χ1) is 17.3. The third-order valence-corrected chi connectivity index (χ3v) is 11.4. The molecule has 38 heavy (non-hydrogen) atoms. The molecule has 1 aromatic heterocycles. The molecule has 0 radical (unpaired) electrons. The predicted octanol–water partition coefficient (Wildman–Crippen LogP) is -0.466. The highest BCUT2D eigenvalue weighted by atomic mass is 16.4. The summed E-state index contributed by atoms with van der Waals surface area (Å²) in [6.07, 6.45) is -4.73. The van der Waals surface area contributed by atoms with Crippen LogP contribution in [0.4, 0.5) is 0 Å². The van der Waals surface area contributed by atoms with Gasteiger partial charge in [-0.15, -0.1) is 0 Å². The number of aliphatic carboxylic acids is 2. The van der Waals surface area contributed by atoms with Crippen molar-refractivity contribution in [2.45, 2.75) is 87.5 Å². The van der Waals surface area contributed by atoms with Crippen molar-refractivity contribution in [1.29, 1.82) is 0 Å². The van der Waals surface area contributed by atoms with Crippen molar-refractivity contribution >= 4 is 17.7 Å². The van der Waals surface area contributed by atoms with E-state index in [-0.39, 0.29) is 12.0 Å². The van der Waals surface area contributed by atoms with Gasteiger partial charge < -0.3 is 45.3 Å². The minimum atomic E-state index is -2.98. The lowest BCUT2D eigenvalue weighted by Gasteiger charge is -2.75. The highest BCUT2D eigenvalue weighted by molar-refractivity contribution is 6.00. The minimum Gasteiger partial charge on any atom is -0.481 e. The fourth-order valence-corrected chi connectivity index (χ4v) is 9.56. The summed E-state index contributed by atoms with van der Waals surface area (Å²) in [4.78, 5) is 37.8. The molecule has 4 aliphatic rings. The number of rotatable bonds is 6. The van der Waals surface area contributed by atoms with Gasteiger partial charge in [-0.2, -0.15) is 0 Å². The lowest BCUT2D eigenvalue weighted by atomic mass is 9.34. The minimum absolute atomic E-state index is 0.0598. The summed E-state index contributed by atoms with van der Waals surface area (Å²) in [5, 5.41) is 91.7. The van der Waals surface area contributed by atoms with Crippen molar-refractivity contribution in [3.05, 3.63) is 24.2 Å². The molecule has 11 unspecified atom stereocenters. The van der Waals surface area contributed by atoms with E-state index < -0.39 is 106 Å². The number of aliphatic hydroxyl groups excluding tert-OH is 2. The molecule has 12 heteroatoms. The number of hydrogen-bond donors (Lipinski definition) is 8. The molecule has 4 saturated carbocycles. The Morgan fingerprint density at radius 1 is 0.868 bits per heavy atom. The topological polar surface area (TPSA) is 226 Å². The molecule has 210 valence electrons. The molecule has 1 heterocycles. The number of ketones is 1. The van der Waals surface area contributed by atoms with Crippen LogP contribution in [0.15, 0.2) is 23.0 Å². The number of carbonyl (C=O) groups excluding carboxylic acids is 1. The maximum atomic E-state index is 13.7. The molecule has 4 aliphatic carbocycles. The van der Waals surface area contributed by atoms with E-state index in [1.54, 1.807) is 0 Å². The molecule has 2 bridgehead atoms. The lowest BCUT2D eigenvalue weighted by molar-refractivity contribution is -0.433. The first kappa shape index (κ1) is 27.2. The van der Waals surface area contributed by atoms with Crippen molar-refractivity contribution in [1.82, 2.24) is 0 Å². The largest absolute Gasteiger partial charge is 0.481 e. The van der Waals surface area contributed by atoms with Crippen LogP contribution in [0.25, 0.3) is 0 Å². The maximum Gasteiger partial charge on any atom is 0.303 e. The summed E-state index contributed by atoms with van der Waals surface area (Å²) in [6, 6.07) is 1.35. The number of aliphatic hydroxyl groups is 6. The Balaban J connectivity index is 1.80. The molecule has 1 aromatic rings. The Labute approximate surface area is 217 Å². The third kappa shape index (κ3) is 2.51. The highest BCUT2D eigenvalue weighted by Gasteiger charge is 2.95. The van der Waals surface area contributed by atoms with Gasteiger partial charge in [0.15, 0.2) is 5.78 Å². The Kier molecular flexibility index (Phi) is 5.33. The summed E-state index contributed by atoms with van der Waals surface area (Å²) >= 11 is 0. The zero-order valence-corrected chi connectivity index (χ0v) is 21.3. The summed E-state index contributed by atoms with van der Waals surface area (Å²) < 4.78 is 5.00. The molecular weight excluding hydrogens is 504 g/mol. The van der Waals surface area contributed by atoms with E-state index in [1.807, 2.05) is 0 Å². The van der Waals surface area contributed by atoms with E-state index in [4.69, 9.17) is 4.42 Å². The number of furan rings is 1. The van der Waals surface area contributed by atoms with Gasteiger partial charge in [0, 0.05) is 28.6 Å². The summed E-state index contributed by atoms with van der Waals surface area (Å²) in [6.45, 7) is 4.14. The number of fused-ring (bicyclic) bond motifs is 3. The van der Waals surface area contributed by atoms with Crippen LogP contribution in [0.5, 0.6) is 0 Å². The summed E-state index contributed by atoms with van der Waals surface area (Å²) in [5.74, 6) is -6.38. The van der Waals surface area contributed by atoms with Gasteiger partial charge in [-0.1, -0.05) is 20.8 Å². The first-order valence-electron chi connectivity index (χ1n) is 12.6. The smallest absolute Gasteiger partial charge is 0.303 e. The normalized spacial score (nSPS) is 53.0. The van der Waals surface area contributed by atoms with Crippen LogP contribution >= 0.6 is 0 Å². The number of Topliss-reactive ketones (excluding diaryl/α,β-unsaturated/α-hetero) is 1. The Hall–Kier alpha value is -2.35. The average Bonchev–Trinajstić information content (AvgIpc) is 3.47. The van der Waals surface area contributed by atoms with E-state index in [0.29, 0.717) is 0 Å². The zero-order chi connectivity index (χ0) is 28.5. The Bertz CT molecular complexity index is 1210. The van der Waals surface area contributed by atoms with Crippen LogP contribution in [-0.4, -0.2) is 93.2 Å². The van der Waals surface area contributed by atoms with Gasteiger partial charge in [0.2, 0.25) is 0 Å². The quantitative estimate of drug-likeness (QED) is 0.215. The van der Waals surface area contributed by atoms with Crippen molar-refractivity contribution in [2.24, 2.45) is 28.1 Å². The van der Waals surface area contributed by atoms with Gasteiger partial charge >= 0.3 is 11.9 Å². The molecule has 8 N–H and O–H groups in total. The number of carboxylic acids is 2. The molecule has 0 amide bonds. The molecule has 4 fully saturated rings. The van der Waals surface area contributed by atoms with Gasteiger partial charge in [0.1, 0.15) is 34.8 Å². The SMILES string of the molecule is CC1(C(=O)c2ccoc2)CCC2(O)C(O)(C1CC(=O)O)C(O)C1(O)C(O)C3(C)CC1(O)C2(C)C3CC(=O)O. The van der Waals surface area contributed by atoms with Crippen LogP contribution in [0.2, 0.25) is 0 Å². The number of carboxylic acid groups (broad SMARTS) is 2. The third-order valence-electron chi connectivity index (χ3n) is 11.4. The standard InChI is InChI=1S/C26H34O12/c1-20(17(31)12-4-7-38-10-12)5-6-23(34)22(3)13(8-15(27)28)21(2)11-24(22,35)26(37,18(21)32)19(33)25(23,36)14(20)9-16(29)30/h4,7,10,13-14,18-19,32-37H,5-6,8-9,11H2,1-3H3,(H,27,28)(H,29,30). The Morgan fingerprint density at radius 3 is 1.97 bits per heavy atom. The van der Waals surface area contributed by atoms with Gasteiger partial charge in [0.05, 0.1) is 24.4 Å². The van der Waals surface area contributed by atoms with Crippen molar-refractivity contribution in [3.63, 3.8) is 0 Å². The molecule has 0 aliphatic heterocycles. The molecule has 0 aromatic carbocycles. The molecule has 0 spiro atoms. The average molecular weight is 539 g/mol. The molecule has 5 rings (SSSR count). The monoisotopic (exact) mass is 538 g/mol.